The lowest BCUT2D eigenvalue weighted by Gasteiger charge is -2.26. The van der Waals surface area contributed by atoms with Crippen molar-refractivity contribution in [1.29, 1.82) is 0 Å². The Morgan fingerprint density at radius 3 is 2.83 bits per heavy atom. The van der Waals surface area contributed by atoms with Crippen molar-refractivity contribution in [3.05, 3.63) is 5.69 Å². The quantitative estimate of drug-likeness (QED) is 0.874. The smallest absolute Gasteiger partial charge is 0.151 e. The summed E-state index contributed by atoms with van der Waals surface area (Å²) in [5.41, 5.74) is 7.92. The van der Waals surface area contributed by atoms with E-state index in [-0.39, 0.29) is 6.10 Å². The first-order valence-electron chi connectivity index (χ1n) is 6.71. The highest BCUT2D eigenvalue weighted by atomic mass is 16.5. The molecular weight excluding hydrogens is 228 g/mol. The number of aryl methyl sites for hydroxylation is 1. The second-order valence-corrected chi connectivity index (χ2v) is 5.34. The van der Waals surface area contributed by atoms with Gasteiger partial charge in [0.05, 0.1) is 17.5 Å². The molecule has 1 saturated heterocycles. The van der Waals surface area contributed by atoms with E-state index >= 15 is 0 Å². The molecule has 1 unspecified atom stereocenters. The second-order valence-electron chi connectivity index (χ2n) is 5.34. The van der Waals surface area contributed by atoms with Gasteiger partial charge in [-0.25, -0.2) is 4.68 Å². The molecule has 2 heterocycles. The Bertz CT molecular complexity index is 413. The average molecular weight is 252 g/mol. The number of hydrogen-bond acceptors (Lipinski definition) is 4. The fourth-order valence-electron chi connectivity index (χ4n) is 2.41. The molecule has 2 rings (SSSR count). The molecule has 1 aliphatic rings. The van der Waals surface area contributed by atoms with Crippen LogP contribution >= 0.6 is 0 Å². The normalized spacial score (nSPS) is 21.4. The Kier molecular flexibility index (Phi) is 3.80. The first-order chi connectivity index (χ1) is 8.50. The highest BCUT2D eigenvalue weighted by Gasteiger charge is 2.23. The van der Waals surface area contributed by atoms with Gasteiger partial charge in [0, 0.05) is 25.7 Å². The van der Waals surface area contributed by atoms with Gasteiger partial charge in [-0.1, -0.05) is 0 Å². The van der Waals surface area contributed by atoms with E-state index in [1.165, 1.54) is 0 Å². The summed E-state index contributed by atoms with van der Waals surface area (Å²) in [4.78, 5) is 2.31. The summed E-state index contributed by atoms with van der Waals surface area (Å²) in [6.07, 6.45) is 1.27. The molecule has 0 radical (unpaired) electrons. The second kappa shape index (κ2) is 5.18. The zero-order valence-corrected chi connectivity index (χ0v) is 11.8. The molecule has 5 heteroatoms. The standard InChI is InChI=1S/C13H24N4O/c1-9(2)17-13(12(14)11(4)15-17)16-6-5-7-18-10(3)8-16/h9-10H,5-8,14H2,1-4H3. The van der Waals surface area contributed by atoms with Crippen LogP contribution < -0.4 is 10.6 Å². The van der Waals surface area contributed by atoms with Crippen LogP contribution in [0.1, 0.15) is 38.9 Å². The van der Waals surface area contributed by atoms with Gasteiger partial charge in [0.25, 0.3) is 0 Å². The van der Waals surface area contributed by atoms with Crippen LogP contribution in [-0.4, -0.2) is 35.6 Å². The molecule has 1 aromatic rings. The SMILES string of the molecule is Cc1nn(C(C)C)c(N2CCCOC(C)C2)c1N. The van der Waals surface area contributed by atoms with Crippen LogP contribution in [0.25, 0.3) is 0 Å². The van der Waals surface area contributed by atoms with E-state index in [1.54, 1.807) is 0 Å². The number of nitrogens with zero attached hydrogens (tertiary/aromatic N) is 3. The Balaban J connectivity index is 2.36. The zero-order valence-electron chi connectivity index (χ0n) is 11.8. The first kappa shape index (κ1) is 13.2. The largest absolute Gasteiger partial charge is 0.394 e. The van der Waals surface area contributed by atoms with Crippen LogP contribution in [0.2, 0.25) is 0 Å². The average Bonchev–Trinajstić information content (AvgIpc) is 2.49. The van der Waals surface area contributed by atoms with Crippen LogP contribution in [0, 0.1) is 6.92 Å². The number of ether oxygens (including phenoxy) is 1. The number of aromatic nitrogens is 2. The maximum absolute atomic E-state index is 6.20. The van der Waals surface area contributed by atoms with Gasteiger partial charge in [0.1, 0.15) is 0 Å². The van der Waals surface area contributed by atoms with E-state index in [1.807, 2.05) is 11.6 Å². The van der Waals surface area contributed by atoms with E-state index in [2.05, 4.69) is 30.8 Å². The summed E-state index contributed by atoms with van der Waals surface area (Å²) in [5.74, 6) is 1.06. The Labute approximate surface area is 109 Å². The monoisotopic (exact) mass is 252 g/mol. The van der Waals surface area contributed by atoms with Crippen LogP contribution in [-0.2, 0) is 4.74 Å². The Morgan fingerprint density at radius 1 is 1.44 bits per heavy atom. The summed E-state index contributed by atoms with van der Waals surface area (Å²) in [6.45, 7) is 11.0. The molecule has 1 atom stereocenters. The minimum absolute atomic E-state index is 0.239. The summed E-state index contributed by atoms with van der Waals surface area (Å²) in [7, 11) is 0. The molecule has 5 nitrogen and oxygen atoms in total. The fraction of sp³-hybridized carbons (Fsp3) is 0.769. The van der Waals surface area contributed by atoms with Gasteiger partial charge in [-0.3, -0.25) is 0 Å². The molecule has 0 amide bonds. The van der Waals surface area contributed by atoms with Crippen molar-refractivity contribution in [3.63, 3.8) is 0 Å². The predicted molar refractivity (Wildman–Crippen MR) is 74.0 cm³/mol. The third-order valence-electron chi connectivity index (χ3n) is 3.35. The summed E-state index contributed by atoms with van der Waals surface area (Å²) in [6, 6.07) is 0.315. The molecule has 0 bridgehead atoms. The molecule has 0 saturated carbocycles. The van der Waals surface area contributed by atoms with Crippen molar-refractivity contribution in [2.45, 2.75) is 46.3 Å². The lowest BCUT2D eigenvalue weighted by atomic mass is 10.3. The molecule has 1 aliphatic heterocycles. The maximum Gasteiger partial charge on any atom is 0.151 e. The van der Waals surface area contributed by atoms with Gasteiger partial charge >= 0.3 is 0 Å². The van der Waals surface area contributed by atoms with Crippen molar-refractivity contribution >= 4 is 11.5 Å². The van der Waals surface area contributed by atoms with E-state index in [4.69, 9.17) is 10.5 Å². The molecule has 2 N–H and O–H groups in total. The van der Waals surface area contributed by atoms with Gasteiger partial charge < -0.3 is 15.4 Å². The molecule has 102 valence electrons. The molecule has 1 aromatic heterocycles. The van der Waals surface area contributed by atoms with Crippen molar-refractivity contribution in [1.82, 2.24) is 9.78 Å². The highest BCUT2D eigenvalue weighted by molar-refractivity contribution is 5.66. The minimum Gasteiger partial charge on any atom is -0.394 e. The lowest BCUT2D eigenvalue weighted by Crippen LogP contribution is -2.32. The zero-order chi connectivity index (χ0) is 13.3. The van der Waals surface area contributed by atoms with Crippen LogP contribution in [0.5, 0.6) is 0 Å². The molecule has 0 spiro atoms. The Morgan fingerprint density at radius 2 is 2.17 bits per heavy atom. The van der Waals surface area contributed by atoms with E-state index in [9.17, 15) is 0 Å². The summed E-state index contributed by atoms with van der Waals surface area (Å²) in [5, 5.41) is 4.55. The third kappa shape index (κ3) is 2.46. The summed E-state index contributed by atoms with van der Waals surface area (Å²) >= 11 is 0. The number of nitrogen functional groups attached to an aromatic ring is 1. The predicted octanol–water partition coefficient (Wildman–Crippen LogP) is 1.97. The van der Waals surface area contributed by atoms with Gasteiger partial charge in [-0.05, 0) is 34.1 Å². The van der Waals surface area contributed by atoms with E-state index in [0.717, 1.165) is 43.3 Å². The van der Waals surface area contributed by atoms with E-state index in [0.29, 0.717) is 6.04 Å². The number of nitrogens with two attached hydrogens (primary N) is 1. The summed E-state index contributed by atoms with van der Waals surface area (Å²) < 4.78 is 7.72. The van der Waals surface area contributed by atoms with Gasteiger partial charge in [-0.2, -0.15) is 5.10 Å². The molecule has 1 fully saturated rings. The van der Waals surface area contributed by atoms with Crippen molar-refractivity contribution in [2.24, 2.45) is 0 Å². The minimum atomic E-state index is 0.239. The van der Waals surface area contributed by atoms with Crippen molar-refractivity contribution in [2.75, 3.05) is 30.3 Å². The first-order valence-corrected chi connectivity index (χ1v) is 6.71. The molecule has 18 heavy (non-hydrogen) atoms. The van der Waals surface area contributed by atoms with Gasteiger partial charge in [0.2, 0.25) is 0 Å². The topological polar surface area (TPSA) is 56.3 Å². The fourth-order valence-corrected chi connectivity index (χ4v) is 2.41. The van der Waals surface area contributed by atoms with Crippen molar-refractivity contribution < 1.29 is 4.74 Å². The number of rotatable bonds is 2. The number of anilines is 2. The molecule has 0 aromatic carbocycles. The number of hydrogen-bond donors (Lipinski definition) is 1. The molecular formula is C13H24N4O. The van der Waals surface area contributed by atoms with Gasteiger partial charge in [0.15, 0.2) is 5.82 Å². The van der Waals surface area contributed by atoms with E-state index < -0.39 is 0 Å². The van der Waals surface area contributed by atoms with Crippen LogP contribution in [0.3, 0.4) is 0 Å². The Hall–Kier alpha value is -1.23. The van der Waals surface area contributed by atoms with Crippen LogP contribution in [0.4, 0.5) is 11.5 Å². The van der Waals surface area contributed by atoms with Crippen molar-refractivity contribution in [3.8, 4) is 0 Å². The maximum atomic E-state index is 6.20. The highest BCUT2D eigenvalue weighted by Crippen LogP contribution is 2.30. The lowest BCUT2D eigenvalue weighted by molar-refractivity contribution is 0.0820. The van der Waals surface area contributed by atoms with Crippen LogP contribution in [0.15, 0.2) is 0 Å². The van der Waals surface area contributed by atoms with Gasteiger partial charge in [-0.15, -0.1) is 0 Å². The molecule has 0 aliphatic carbocycles. The third-order valence-corrected chi connectivity index (χ3v) is 3.35.